The molecule has 1 saturated heterocycles. The Morgan fingerprint density at radius 3 is 2.94 bits per heavy atom. The van der Waals surface area contributed by atoms with Crippen LogP contribution in [0.15, 0.2) is 24.3 Å². The van der Waals surface area contributed by atoms with Gasteiger partial charge < -0.3 is 16.4 Å². The van der Waals surface area contributed by atoms with Crippen LogP contribution in [-0.2, 0) is 11.3 Å². The van der Waals surface area contributed by atoms with E-state index in [4.69, 9.17) is 5.73 Å². The molecule has 0 spiro atoms. The Morgan fingerprint density at radius 1 is 1.44 bits per heavy atom. The summed E-state index contributed by atoms with van der Waals surface area (Å²) in [6.45, 7) is 1.31. The van der Waals surface area contributed by atoms with E-state index >= 15 is 0 Å². The quantitative estimate of drug-likeness (QED) is 0.708. The van der Waals surface area contributed by atoms with Crippen LogP contribution in [0.5, 0.6) is 0 Å². The summed E-state index contributed by atoms with van der Waals surface area (Å²) in [5.74, 6) is -0.447. The van der Waals surface area contributed by atoms with Gasteiger partial charge in [0.05, 0.1) is 6.04 Å². The number of nitrogens with two attached hydrogens (primary N) is 1. The lowest BCUT2D eigenvalue weighted by Gasteiger charge is -2.11. The van der Waals surface area contributed by atoms with Gasteiger partial charge in [0.25, 0.3) is 0 Å². The molecule has 0 unspecified atom stereocenters. The normalized spacial score (nSPS) is 18.6. The molecule has 1 aromatic rings. The van der Waals surface area contributed by atoms with E-state index in [0.29, 0.717) is 12.1 Å². The first-order chi connectivity index (χ1) is 8.66. The Bertz CT molecular complexity index is 453. The molecule has 18 heavy (non-hydrogen) atoms. The molecule has 0 aliphatic carbocycles. The summed E-state index contributed by atoms with van der Waals surface area (Å²) in [6, 6.07) is 6.89. The Balaban J connectivity index is 1.91. The number of benzene rings is 1. The van der Waals surface area contributed by atoms with E-state index in [1.165, 1.54) is 0 Å². The van der Waals surface area contributed by atoms with Crippen molar-refractivity contribution in [2.45, 2.75) is 25.4 Å². The van der Waals surface area contributed by atoms with Crippen molar-refractivity contribution in [2.24, 2.45) is 5.73 Å². The van der Waals surface area contributed by atoms with Crippen molar-refractivity contribution in [1.82, 2.24) is 10.6 Å². The van der Waals surface area contributed by atoms with E-state index in [1.54, 1.807) is 18.2 Å². The highest BCUT2D eigenvalue weighted by Gasteiger charge is 2.21. The average molecular weight is 247 g/mol. The molecule has 1 aromatic carbocycles. The van der Waals surface area contributed by atoms with Crippen LogP contribution in [0.4, 0.5) is 0 Å². The van der Waals surface area contributed by atoms with Gasteiger partial charge in [-0.2, -0.15) is 0 Å². The predicted octanol–water partition coefficient (Wildman–Crippen LogP) is 0.154. The zero-order chi connectivity index (χ0) is 13.0. The van der Waals surface area contributed by atoms with Gasteiger partial charge >= 0.3 is 0 Å². The lowest BCUT2D eigenvalue weighted by molar-refractivity contribution is -0.122. The Hall–Kier alpha value is -1.88. The number of hydrogen-bond acceptors (Lipinski definition) is 3. The third-order valence-electron chi connectivity index (χ3n) is 3.06. The standard InChI is InChI=1S/C13H17N3O2/c14-12(17)10-4-1-3-9(7-10)8-16-13(18)11-5-2-6-15-11/h1,3-4,7,11,15H,2,5-6,8H2,(H2,14,17)(H,16,18)/t11-/m1/s1. The average Bonchev–Trinajstić information content (AvgIpc) is 2.90. The minimum atomic E-state index is -0.458. The van der Waals surface area contributed by atoms with E-state index in [2.05, 4.69) is 10.6 Å². The van der Waals surface area contributed by atoms with Crippen LogP contribution in [-0.4, -0.2) is 24.4 Å². The van der Waals surface area contributed by atoms with Crippen molar-refractivity contribution in [3.05, 3.63) is 35.4 Å². The summed E-state index contributed by atoms with van der Waals surface area (Å²) in [5.41, 5.74) is 6.53. The summed E-state index contributed by atoms with van der Waals surface area (Å²) < 4.78 is 0. The largest absolute Gasteiger partial charge is 0.366 e. The highest BCUT2D eigenvalue weighted by Crippen LogP contribution is 2.07. The lowest BCUT2D eigenvalue weighted by Crippen LogP contribution is -2.40. The van der Waals surface area contributed by atoms with E-state index in [9.17, 15) is 9.59 Å². The molecule has 4 N–H and O–H groups in total. The first kappa shape index (κ1) is 12.6. The molecule has 2 rings (SSSR count). The number of primary amides is 1. The monoisotopic (exact) mass is 247 g/mol. The maximum Gasteiger partial charge on any atom is 0.248 e. The van der Waals surface area contributed by atoms with Crippen molar-refractivity contribution >= 4 is 11.8 Å². The van der Waals surface area contributed by atoms with Gasteiger partial charge in [0, 0.05) is 12.1 Å². The zero-order valence-corrected chi connectivity index (χ0v) is 10.1. The van der Waals surface area contributed by atoms with Crippen LogP contribution in [0.25, 0.3) is 0 Å². The summed E-state index contributed by atoms with van der Waals surface area (Å²) in [7, 11) is 0. The van der Waals surface area contributed by atoms with Crippen LogP contribution < -0.4 is 16.4 Å². The van der Waals surface area contributed by atoms with Gasteiger partial charge in [-0.3, -0.25) is 9.59 Å². The second-order valence-corrected chi connectivity index (χ2v) is 4.43. The number of hydrogen-bond donors (Lipinski definition) is 3. The highest BCUT2D eigenvalue weighted by atomic mass is 16.2. The molecule has 0 aromatic heterocycles. The summed E-state index contributed by atoms with van der Waals surface area (Å²) in [5, 5.41) is 5.99. The van der Waals surface area contributed by atoms with Gasteiger partial charge in [-0.05, 0) is 37.1 Å². The van der Waals surface area contributed by atoms with Crippen molar-refractivity contribution in [3.8, 4) is 0 Å². The molecule has 1 atom stereocenters. The number of nitrogens with one attached hydrogen (secondary N) is 2. The molecule has 0 radical (unpaired) electrons. The lowest BCUT2D eigenvalue weighted by atomic mass is 10.1. The molecule has 2 amide bonds. The summed E-state index contributed by atoms with van der Waals surface area (Å²) in [6.07, 6.45) is 1.92. The van der Waals surface area contributed by atoms with Crippen LogP contribution in [0.2, 0.25) is 0 Å². The Morgan fingerprint density at radius 2 is 2.28 bits per heavy atom. The van der Waals surface area contributed by atoms with E-state index < -0.39 is 5.91 Å². The third kappa shape index (κ3) is 3.07. The molecule has 96 valence electrons. The van der Waals surface area contributed by atoms with Crippen molar-refractivity contribution in [2.75, 3.05) is 6.54 Å². The maximum absolute atomic E-state index is 11.8. The van der Waals surface area contributed by atoms with Gasteiger partial charge in [-0.25, -0.2) is 0 Å². The smallest absolute Gasteiger partial charge is 0.248 e. The highest BCUT2D eigenvalue weighted by molar-refractivity contribution is 5.92. The molecule has 0 bridgehead atoms. The van der Waals surface area contributed by atoms with Crippen LogP contribution in [0.1, 0.15) is 28.8 Å². The zero-order valence-electron chi connectivity index (χ0n) is 10.1. The minimum absolute atomic E-state index is 0.0111. The topological polar surface area (TPSA) is 84.2 Å². The first-order valence-corrected chi connectivity index (χ1v) is 6.06. The molecule has 1 aliphatic rings. The SMILES string of the molecule is NC(=O)c1cccc(CNC(=O)[C@H]2CCCN2)c1. The van der Waals surface area contributed by atoms with Crippen molar-refractivity contribution in [1.29, 1.82) is 0 Å². The number of rotatable bonds is 4. The van der Waals surface area contributed by atoms with Crippen LogP contribution in [0, 0.1) is 0 Å². The van der Waals surface area contributed by atoms with Crippen LogP contribution >= 0.6 is 0 Å². The fourth-order valence-corrected chi connectivity index (χ4v) is 2.06. The summed E-state index contributed by atoms with van der Waals surface area (Å²) in [4.78, 5) is 22.8. The second-order valence-electron chi connectivity index (χ2n) is 4.43. The number of carbonyl (C=O) groups is 2. The molecule has 1 aliphatic heterocycles. The molecular weight excluding hydrogens is 230 g/mol. The molecule has 5 nitrogen and oxygen atoms in total. The fraction of sp³-hybridized carbons (Fsp3) is 0.385. The molecule has 1 fully saturated rings. The minimum Gasteiger partial charge on any atom is -0.366 e. The summed E-state index contributed by atoms with van der Waals surface area (Å²) >= 11 is 0. The molecule has 5 heteroatoms. The fourth-order valence-electron chi connectivity index (χ4n) is 2.06. The number of amides is 2. The Kier molecular flexibility index (Phi) is 3.94. The van der Waals surface area contributed by atoms with Gasteiger partial charge in [-0.1, -0.05) is 12.1 Å². The van der Waals surface area contributed by atoms with Crippen molar-refractivity contribution in [3.63, 3.8) is 0 Å². The number of carbonyl (C=O) groups excluding carboxylic acids is 2. The van der Waals surface area contributed by atoms with Gasteiger partial charge in [0.1, 0.15) is 0 Å². The molecule has 0 saturated carbocycles. The Labute approximate surface area is 106 Å². The second kappa shape index (κ2) is 5.64. The predicted molar refractivity (Wildman–Crippen MR) is 67.8 cm³/mol. The van der Waals surface area contributed by atoms with E-state index in [-0.39, 0.29) is 11.9 Å². The van der Waals surface area contributed by atoms with Crippen molar-refractivity contribution < 1.29 is 9.59 Å². The van der Waals surface area contributed by atoms with Crippen LogP contribution in [0.3, 0.4) is 0 Å². The van der Waals surface area contributed by atoms with Gasteiger partial charge in [0.2, 0.25) is 11.8 Å². The molecule has 1 heterocycles. The van der Waals surface area contributed by atoms with Gasteiger partial charge in [-0.15, -0.1) is 0 Å². The maximum atomic E-state index is 11.8. The van der Waals surface area contributed by atoms with Gasteiger partial charge in [0.15, 0.2) is 0 Å². The third-order valence-corrected chi connectivity index (χ3v) is 3.06. The molecular formula is C13H17N3O2. The van der Waals surface area contributed by atoms with E-state index in [1.807, 2.05) is 6.07 Å². The first-order valence-electron chi connectivity index (χ1n) is 6.06. The van der Waals surface area contributed by atoms with E-state index in [0.717, 1.165) is 24.9 Å².